The van der Waals surface area contributed by atoms with Crippen molar-refractivity contribution in [1.29, 1.82) is 0 Å². The van der Waals surface area contributed by atoms with Crippen LogP contribution in [-0.4, -0.2) is 34.6 Å². The minimum atomic E-state index is -1.17. The molecule has 0 aromatic heterocycles. The minimum absolute atomic E-state index is 0.0332. The summed E-state index contributed by atoms with van der Waals surface area (Å²) < 4.78 is 0. The molecular formula is C16H22N2O3. The van der Waals surface area contributed by atoms with Crippen molar-refractivity contribution in [3.63, 3.8) is 0 Å². The first kappa shape index (κ1) is 15.4. The number of carbonyl (C=O) groups excluding carboxylic acids is 1. The van der Waals surface area contributed by atoms with Gasteiger partial charge in [-0.1, -0.05) is 24.3 Å². The van der Waals surface area contributed by atoms with Crippen LogP contribution in [0.15, 0.2) is 24.3 Å². The number of amides is 2. The number of nitrogens with zero attached hydrogens (tertiary/aromatic N) is 1. The van der Waals surface area contributed by atoms with Crippen LogP contribution in [0.2, 0.25) is 0 Å². The fourth-order valence-corrected chi connectivity index (χ4v) is 2.42. The van der Waals surface area contributed by atoms with Gasteiger partial charge in [-0.25, -0.2) is 9.59 Å². The summed E-state index contributed by atoms with van der Waals surface area (Å²) in [6.07, 6.45) is 1.70. The number of urea groups is 1. The van der Waals surface area contributed by atoms with Gasteiger partial charge in [-0.15, -0.1) is 0 Å². The van der Waals surface area contributed by atoms with E-state index in [1.165, 1.54) is 4.90 Å². The summed E-state index contributed by atoms with van der Waals surface area (Å²) >= 11 is 0. The van der Waals surface area contributed by atoms with Crippen molar-refractivity contribution in [2.24, 2.45) is 5.92 Å². The Labute approximate surface area is 125 Å². The fourth-order valence-electron chi connectivity index (χ4n) is 2.42. The summed E-state index contributed by atoms with van der Waals surface area (Å²) in [7, 11) is 1.68. The predicted molar refractivity (Wildman–Crippen MR) is 79.9 cm³/mol. The van der Waals surface area contributed by atoms with Crippen LogP contribution in [0.1, 0.15) is 30.9 Å². The summed E-state index contributed by atoms with van der Waals surface area (Å²) in [4.78, 5) is 25.2. The molecule has 2 N–H and O–H groups in total. The Morgan fingerprint density at radius 2 is 2.00 bits per heavy atom. The minimum Gasteiger partial charge on any atom is -0.480 e. The summed E-state index contributed by atoms with van der Waals surface area (Å²) in [5, 5.41) is 12.1. The zero-order chi connectivity index (χ0) is 15.6. The highest BCUT2D eigenvalue weighted by Crippen LogP contribution is 2.39. The van der Waals surface area contributed by atoms with Crippen molar-refractivity contribution < 1.29 is 14.7 Å². The number of carbonyl (C=O) groups is 2. The topological polar surface area (TPSA) is 69.6 Å². The lowest BCUT2D eigenvalue weighted by Crippen LogP contribution is -2.56. The number of carboxylic acid groups (broad SMARTS) is 1. The highest BCUT2D eigenvalue weighted by Gasteiger charge is 2.48. The predicted octanol–water partition coefficient (Wildman–Crippen LogP) is 2.39. The lowest BCUT2D eigenvalue weighted by molar-refractivity contribution is -0.144. The van der Waals surface area contributed by atoms with Crippen molar-refractivity contribution in [3.05, 3.63) is 35.4 Å². The van der Waals surface area contributed by atoms with Crippen LogP contribution in [0.4, 0.5) is 4.79 Å². The first-order valence-corrected chi connectivity index (χ1v) is 7.15. The number of aliphatic carboxylic acids is 1. The second-order valence-electron chi connectivity index (χ2n) is 5.99. The van der Waals surface area contributed by atoms with Crippen molar-refractivity contribution in [2.75, 3.05) is 7.05 Å². The van der Waals surface area contributed by atoms with Gasteiger partial charge in [0, 0.05) is 13.6 Å². The number of hydrogen-bond acceptors (Lipinski definition) is 2. The third-order valence-electron chi connectivity index (χ3n) is 4.22. The molecule has 0 spiro atoms. The molecule has 1 unspecified atom stereocenters. The molecule has 1 aliphatic rings. The molecule has 1 aliphatic carbocycles. The molecule has 2 rings (SSSR count). The molecule has 21 heavy (non-hydrogen) atoms. The molecule has 0 saturated heterocycles. The first-order valence-electron chi connectivity index (χ1n) is 7.15. The number of rotatable bonds is 5. The van der Waals surface area contributed by atoms with Crippen LogP contribution in [0, 0.1) is 12.8 Å². The SMILES string of the molecule is Cc1ccccc1CN(C)C(=O)NC(C)(C(=O)O)C1CC1. The highest BCUT2D eigenvalue weighted by molar-refractivity contribution is 5.86. The molecule has 0 radical (unpaired) electrons. The van der Waals surface area contributed by atoms with E-state index in [1.807, 2.05) is 31.2 Å². The standard InChI is InChI=1S/C16H22N2O3/c1-11-6-4-5-7-12(11)10-18(3)15(21)17-16(2,14(19)20)13-8-9-13/h4-7,13H,8-10H2,1-3H3,(H,17,21)(H,19,20). The van der Waals surface area contributed by atoms with E-state index < -0.39 is 11.5 Å². The van der Waals surface area contributed by atoms with E-state index in [1.54, 1.807) is 14.0 Å². The van der Waals surface area contributed by atoms with Gasteiger partial charge in [0.25, 0.3) is 0 Å². The molecule has 1 aromatic carbocycles. The van der Waals surface area contributed by atoms with Gasteiger partial charge in [0.2, 0.25) is 0 Å². The molecule has 0 heterocycles. The number of hydrogen-bond donors (Lipinski definition) is 2. The van der Waals surface area contributed by atoms with Gasteiger partial charge in [-0.2, -0.15) is 0 Å². The Hall–Kier alpha value is -2.04. The molecule has 0 aliphatic heterocycles. The molecular weight excluding hydrogens is 268 g/mol. The van der Waals surface area contributed by atoms with Gasteiger partial charge in [0.15, 0.2) is 0 Å². The normalized spacial score (nSPS) is 16.9. The Balaban J connectivity index is 2.02. The first-order chi connectivity index (χ1) is 9.84. The maximum Gasteiger partial charge on any atom is 0.329 e. The summed E-state index contributed by atoms with van der Waals surface area (Å²) in [6, 6.07) is 7.49. The Bertz CT molecular complexity index is 554. The van der Waals surface area contributed by atoms with E-state index in [2.05, 4.69) is 5.32 Å². The third-order valence-corrected chi connectivity index (χ3v) is 4.22. The maximum atomic E-state index is 12.3. The zero-order valence-corrected chi connectivity index (χ0v) is 12.7. The summed E-state index contributed by atoms with van der Waals surface area (Å²) in [5.41, 5.74) is 0.996. The average molecular weight is 290 g/mol. The highest BCUT2D eigenvalue weighted by atomic mass is 16.4. The molecule has 5 nitrogen and oxygen atoms in total. The van der Waals surface area contributed by atoms with Gasteiger partial charge >= 0.3 is 12.0 Å². The average Bonchev–Trinajstić information content (AvgIpc) is 3.25. The molecule has 1 atom stereocenters. The second-order valence-corrected chi connectivity index (χ2v) is 5.99. The van der Waals surface area contributed by atoms with Gasteiger partial charge < -0.3 is 15.3 Å². The largest absolute Gasteiger partial charge is 0.480 e. The molecule has 1 fully saturated rings. The van der Waals surface area contributed by atoms with Crippen LogP contribution in [-0.2, 0) is 11.3 Å². The van der Waals surface area contributed by atoms with E-state index >= 15 is 0 Å². The molecule has 5 heteroatoms. The quantitative estimate of drug-likeness (QED) is 0.874. The molecule has 2 amide bonds. The van der Waals surface area contributed by atoms with Crippen LogP contribution >= 0.6 is 0 Å². The van der Waals surface area contributed by atoms with Crippen molar-refractivity contribution in [2.45, 2.75) is 38.8 Å². The van der Waals surface area contributed by atoms with Crippen molar-refractivity contribution >= 4 is 12.0 Å². The van der Waals surface area contributed by atoms with Crippen molar-refractivity contribution in [3.8, 4) is 0 Å². The Kier molecular flexibility index (Phi) is 4.21. The van der Waals surface area contributed by atoms with E-state index in [0.29, 0.717) is 6.54 Å². The monoisotopic (exact) mass is 290 g/mol. The number of nitrogens with one attached hydrogen (secondary N) is 1. The zero-order valence-electron chi connectivity index (χ0n) is 12.7. The third kappa shape index (κ3) is 3.35. The van der Waals surface area contributed by atoms with Gasteiger partial charge in [-0.3, -0.25) is 0 Å². The van der Waals surface area contributed by atoms with Crippen molar-refractivity contribution in [1.82, 2.24) is 10.2 Å². The Morgan fingerprint density at radius 3 is 2.52 bits per heavy atom. The van der Waals surface area contributed by atoms with Crippen LogP contribution in [0.3, 0.4) is 0 Å². The van der Waals surface area contributed by atoms with Crippen LogP contribution < -0.4 is 5.32 Å². The fraction of sp³-hybridized carbons (Fsp3) is 0.500. The lowest BCUT2D eigenvalue weighted by atomic mass is 9.96. The van der Waals surface area contributed by atoms with Crippen LogP contribution in [0.25, 0.3) is 0 Å². The number of benzene rings is 1. The smallest absolute Gasteiger partial charge is 0.329 e. The number of carboxylic acids is 1. The van der Waals surface area contributed by atoms with E-state index in [0.717, 1.165) is 24.0 Å². The van der Waals surface area contributed by atoms with E-state index in [-0.39, 0.29) is 11.9 Å². The van der Waals surface area contributed by atoms with Gasteiger partial charge in [0.05, 0.1) is 0 Å². The van der Waals surface area contributed by atoms with E-state index in [4.69, 9.17) is 0 Å². The molecule has 0 bridgehead atoms. The molecule has 1 saturated carbocycles. The summed E-state index contributed by atoms with van der Waals surface area (Å²) in [5.74, 6) is -0.937. The second kappa shape index (κ2) is 5.76. The van der Waals surface area contributed by atoms with Gasteiger partial charge in [-0.05, 0) is 43.7 Å². The lowest BCUT2D eigenvalue weighted by Gasteiger charge is -2.29. The summed E-state index contributed by atoms with van der Waals surface area (Å²) in [6.45, 7) is 4.04. The Morgan fingerprint density at radius 1 is 1.38 bits per heavy atom. The van der Waals surface area contributed by atoms with Gasteiger partial charge in [0.1, 0.15) is 5.54 Å². The number of aryl methyl sites for hydroxylation is 1. The van der Waals surface area contributed by atoms with Crippen LogP contribution in [0.5, 0.6) is 0 Å². The molecule has 1 aromatic rings. The van der Waals surface area contributed by atoms with E-state index in [9.17, 15) is 14.7 Å². The maximum absolute atomic E-state index is 12.3. The molecule has 114 valence electrons.